The first-order valence-corrected chi connectivity index (χ1v) is 4.54. The van der Waals surface area contributed by atoms with Gasteiger partial charge in [-0.25, -0.2) is 0 Å². The summed E-state index contributed by atoms with van der Waals surface area (Å²) in [4.78, 5) is 2.32. The molecule has 0 aromatic rings. The highest BCUT2D eigenvalue weighted by molar-refractivity contribution is 4.71. The van der Waals surface area contributed by atoms with E-state index in [1.54, 1.807) is 7.11 Å². The van der Waals surface area contributed by atoms with E-state index in [-0.39, 0.29) is 0 Å². The molecule has 1 fully saturated rings. The molecule has 1 rings (SSSR count). The summed E-state index contributed by atoms with van der Waals surface area (Å²) in [6, 6.07) is 0.781. The first kappa shape index (κ1) is 9.01. The number of ether oxygens (including phenoxy) is 1. The molecular weight excluding hydrogens is 138 g/mol. The van der Waals surface area contributed by atoms with E-state index in [1.165, 1.54) is 32.1 Å². The monoisotopic (exact) mass is 157 g/mol. The van der Waals surface area contributed by atoms with E-state index >= 15 is 0 Å². The van der Waals surface area contributed by atoms with Crippen molar-refractivity contribution < 1.29 is 4.74 Å². The molecule has 0 bridgehead atoms. The van der Waals surface area contributed by atoms with E-state index < -0.39 is 0 Å². The summed E-state index contributed by atoms with van der Waals surface area (Å²) in [6.07, 6.45) is 6.95. The largest absolute Gasteiger partial charge is 0.369 e. The van der Waals surface area contributed by atoms with Gasteiger partial charge in [0.05, 0.1) is 6.73 Å². The average Bonchev–Trinajstić information content (AvgIpc) is 2.07. The van der Waals surface area contributed by atoms with Crippen LogP contribution < -0.4 is 0 Å². The van der Waals surface area contributed by atoms with Crippen molar-refractivity contribution in [3.05, 3.63) is 0 Å². The minimum absolute atomic E-state index is 0.781. The van der Waals surface area contributed by atoms with Gasteiger partial charge in [-0.2, -0.15) is 0 Å². The lowest BCUT2D eigenvalue weighted by molar-refractivity contribution is 0.0411. The van der Waals surface area contributed by atoms with E-state index in [2.05, 4.69) is 11.9 Å². The number of hydrogen-bond donors (Lipinski definition) is 0. The minimum Gasteiger partial charge on any atom is -0.369 e. The van der Waals surface area contributed by atoms with Crippen molar-refractivity contribution >= 4 is 0 Å². The SMILES string of the molecule is COCN(C)C1CCCCC1. The lowest BCUT2D eigenvalue weighted by atomic mass is 9.95. The summed E-state index contributed by atoms with van der Waals surface area (Å²) >= 11 is 0. The number of methoxy groups -OCH3 is 1. The normalized spacial score (nSPS) is 21.0. The molecule has 1 aliphatic rings. The van der Waals surface area contributed by atoms with Gasteiger partial charge >= 0.3 is 0 Å². The van der Waals surface area contributed by atoms with Gasteiger partial charge in [-0.15, -0.1) is 0 Å². The summed E-state index contributed by atoms with van der Waals surface area (Å²) < 4.78 is 5.08. The molecule has 1 saturated carbocycles. The van der Waals surface area contributed by atoms with Gasteiger partial charge in [0.25, 0.3) is 0 Å². The van der Waals surface area contributed by atoms with Gasteiger partial charge in [-0.05, 0) is 19.9 Å². The van der Waals surface area contributed by atoms with E-state index in [9.17, 15) is 0 Å². The average molecular weight is 157 g/mol. The van der Waals surface area contributed by atoms with E-state index in [0.29, 0.717) is 0 Å². The molecule has 0 aliphatic heterocycles. The lowest BCUT2D eigenvalue weighted by Crippen LogP contribution is -2.34. The van der Waals surface area contributed by atoms with Crippen LogP contribution in [-0.4, -0.2) is 31.8 Å². The van der Waals surface area contributed by atoms with Crippen LogP contribution in [0.2, 0.25) is 0 Å². The molecule has 0 saturated heterocycles. The highest BCUT2D eigenvalue weighted by Gasteiger charge is 2.16. The Hall–Kier alpha value is -0.0800. The zero-order valence-corrected chi connectivity index (χ0v) is 7.68. The molecule has 66 valence electrons. The van der Waals surface area contributed by atoms with Crippen molar-refractivity contribution in [1.29, 1.82) is 0 Å². The Labute approximate surface area is 69.5 Å². The summed E-state index contributed by atoms with van der Waals surface area (Å²) in [7, 11) is 3.92. The van der Waals surface area contributed by atoms with E-state index in [4.69, 9.17) is 4.74 Å². The van der Waals surface area contributed by atoms with Crippen LogP contribution in [0.1, 0.15) is 32.1 Å². The van der Waals surface area contributed by atoms with Crippen LogP contribution >= 0.6 is 0 Å². The third-order valence-electron chi connectivity index (χ3n) is 2.53. The molecule has 0 N–H and O–H groups in total. The first-order valence-electron chi connectivity index (χ1n) is 4.54. The Morgan fingerprint density at radius 1 is 1.27 bits per heavy atom. The third-order valence-corrected chi connectivity index (χ3v) is 2.53. The highest BCUT2D eigenvalue weighted by Crippen LogP contribution is 2.21. The second-order valence-electron chi connectivity index (χ2n) is 3.47. The van der Waals surface area contributed by atoms with Crippen LogP contribution in [0.3, 0.4) is 0 Å². The molecule has 0 amide bonds. The lowest BCUT2D eigenvalue weighted by Gasteiger charge is -2.30. The molecular formula is C9H19NO. The second-order valence-corrected chi connectivity index (χ2v) is 3.47. The summed E-state index contributed by atoms with van der Waals surface area (Å²) in [6.45, 7) is 0.782. The van der Waals surface area contributed by atoms with Crippen LogP contribution in [0, 0.1) is 0 Å². The molecule has 0 aromatic heterocycles. The van der Waals surface area contributed by atoms with Crippen molar-refractivity contribution in [2.24, 2.45) is 0 Å². The van der Waals surface area contributed by atoms with E-state index in [0.717, 1.165) is 12.8 Å². The predicted molar refractivity (Wildman–Crippen MR) is 46.5 cm³/mol. The zero-order valence-electron chi connectivity index (χ0n) is 7.68. The zero-order chi connectivity index (χ0) is 8.10. The maximum atomic E-state index is 5.08. The van der Waals surface area contributed by atoms with Crippen molar-refractivity contribution in [2.45, 2.75) is 38.1 Å². The van der Waals surface area contributed by atoms with Crippen LogP contribution in [0.5, 0.6) is 0 Å². The molecule has 11 heavy (non-hydrogen) atoms. The van der Waals surface area contributed by atoms with Gasteiger partial charge < -0.3 is 4.74 Å². The topological polar surface area (TPSA) is 12.5 Å². The standard InChI is InChI=1S/C9H19NO/c1-10(8-11-2)9-6-4-3-5-7-9/h9H,3-8H2,1-2H3. The van der Waals surface area contributed by atoms with Crippen molar-refractivity contribution in [1.82, 2.24) is 4.90 Å². The molecule has 2 nitrogen and oxygen atoms in total. The Morgan fingerprint density at radius 3 is 2.45 bits per heavy atom. The van der Waals surface area contributed by atoms with Gasteiger partial charge in [0, 0.05) is 13.2 Å². The quantitative estimate of drug-likeness (QED) is 0.580. The van der Waals surface area contributed by atoms with E-state index in [1.807, 2.05) is 0 Å². The molecule has 2 heteroatoms. The predicted octanol–water partition coefficient (Wildman–Crippen LogP) is 1.85. The molecule has 0 aromatic carbocycles. The van der Waals surface area contributed by atoms with Crippen molar-refractivity contribution in [3.8, 4) is 0 Å². The summed E-state index contributed by atoms with van der Waals surface area (Å²) in [5, 5.41) is 0. The number of nitrogens with zero attached hydrogens (tertiary/aromatic N) is 1. The number of hydrogen-bond acceptors (Lipinski definition) is 2. The molecule has 0 unspecified atom stereocenters. The fourth-order valence-electron chi connectivity index (χ4n) is 1.83. The Kier molecular flexibility index (Phi) is 3.87. The molecule has 0 heterocycles. The smallest absolute Gasteiger partial charge is 0.0986 e. The Morgan fingerprint density at radius 2 is 1.91 bits per heavy atom. The fourth-order valence-corrected chi connectivity index (χ4v) is 1.83. The maximum Gasteiger partial charge on any atom is 0.0986 e. The molecule has 0 radical (unpaired) electrons. The van der Waals surface area contributed by atoms with Crippen molar-refractivity contribution in [2.75, 3.05) is 20.9 Å². The van der Waals surface area contributed by atoms with Crippen LogP contribution in [0.4, 0.5) is 0 Å². The summed E-state index contributed by atoms with van der Waals surface area (Å²) in [5.41, 5.74) is 0. The number of rotatable bonds is 3. The minimum atomic E-state index is 0.781. The Bertz CT molecular complexity index is 99.7. The second kappa shape index (κ2) is 4.73. The van der Waals surface area contributed by atoms with Crippen molar-refractivity contribution in [3.63, 3.8) is 0 Å². The fraction of sp³-hybridized carbons (Fsp3) is 1.00. The Balaban J connectivity index is 2.21. The molecule has 0 spiro atoms. The van der Waals surface area contributed by atoms with Gasteiger partial charge in [0.2, 0.25) is 0 Å². The van der Waals surface area contributed by atoms with Crippen LogP contribution in [0.25, 0.3) is 0 Å². The summed E-state index contributed by atoms with van der Waals surface area (Å²) in [5.74, 6) is 0. The van der Waals surface area contributed by atoms with Gasteiger partial charge in [0.1, 0.15) is 0 Å². The third kappa shape index (κ3) is 2.80. The van der Waals surface area contributed by atoms with Gasteiger partial charge in [-0.1, -0.05) is 19.3 Å². The molecule has 1 aliphatic carbocycles. The van der Waals surface area contributed by atoms with Gasteiger partial charge in [-0.3, -0.25) is 4.90 Å². The highest BCUT2D eigenvalue weighted by atomic mass is 16.5. The van der Waals surface area contributed by atoms with Crippen LogP contribution in [0.15, 0.2) is 0 Å². The molecule has 0 atom stereocenters. The first-order chi connectivity index (χ1) is 5.34. The van der Waals surface area contributed by atoms with Gasteiger partial charge in [0.15, 0.2) is 0 Å². The van der Waals surface area contributed by atoms with Crippen LogP contribution in [-0.2, 0) is 4.74 Å². The maximum absolute atomic E-state index is 5.08.